The van der Waals surface area contributed by atoms with Crippen molar-refractivity contribution >= 4 is 11.9 Å². The average molecular weight is 389 g/mol. The molecule has 4 nitrogen and oxygen atoms in total. The number of carbonyl (C=O) groups excluding carboxylic acids is 2. The Morgan fingerprint density at radius 3 is 2.14 bits per heavy atom. The molecule has 0 N–H and O–H groups in total. The molecular formula is C24H36O4. The van der Waals surface area contributed by atoms with Crippen molar-refractivity contribution in [1.29, 1.82) is 0 Å². The van der Waals surface area contributed by atoms with E-state index in [2.05, 4.69) is 0 Å². The summed E-state index contributed by atoms with van der Waals surface area (Å²) in [4.78, 5) is 24.1. The predicted octanol–water partition coefficient (Wildman–Crippen LogP) is 5.90. The van der Waals surface area contributed by atoms with Gasteiger partial charge in [0.25, 0.3) is 0 Å². The lowest BCUT2D eigenvalue weighted by molar-refractivity contribution is -0.157. The largest absolute Gasteiger partial charge is 0.462 e. The second-order valence-corrected chi connectivity index (χ2v) is 8.77. The average Bonchev–Trinajstić information content (AvgIpc) is 3.37. The first-order valence-corrected chi connectivity index (χ1v) is 10.7. The van der Waals surface area contributed by atoms with Crippen LogP contribution in [0.3, 0.4) is 0 Å². The van der Waals surface area contributed by atoms with Crippen molar-refractivity contribution in [1.82, 2.24) is 0 Å². The number of hydrogen-bond acceptors (Lipinski definition) is 4. The van der Waals surface area contributed by atoms with Crippen molar-refractivity contribution in [2.75, 3.05) is 6.61 Å². The van der Waals surface area contributed by atoms with Crippen molar-refractivity contribution in [3.63, 3.8) is 0 Å². The molecule has 0 bridgehead atoms. The maximum Gasteiger partial charge on any atom is 0.338 e. The minimum Gasteiger partial charge on any atom is -0.462 e. The summed E-state index contributed by atoms with van der Waals surface area (Å²) in [5.74, 6) is 0.320. The summed E-state index contributed by atoms with van der Waals surface area (Å²) in [6.45, 7) is 12.0. The molecule has 2 saturated carbocycles. The Morgan fingerprint density at radius 1 is 1.07 bits per heavy atom. The predicted molar refractivity (Wildman–Crippen MR) is 111 cm³/mol. The minimum absolute atomic E-state index is 0.0188. The molecule has 0 heterocycles. The SMILES string of the molecule is CC.CCOC(=O)c1ccc(C2CCC3(CC2)CC3C(=O)OC(C)(C)C)cc1. The first-order chi connectivity index (χ1) is 13.2. The molecular weight excluding hydrogens is 352 g/mol. The van der Waals surface area contributed by atoms with Gasteiger partial charge < -0.3 is 9.47 Å². The summed E-state index contributed by atoms with van der Waals surface area (Å²) in [6.07, 6.45) is 5.34. The van der Waals surface area contributed by atoms with Gasteiger partial charge in [0, 0.05) is 0 Å². The van der Waals surface area contributed by atoms with Crippen LogP contribution in [0.2, 0.25) is 0 Å². The molecule has 2 fully saturated rings. The third kappa shape index (κ3) is 5.36. The molecule has 0 saturated heterocycles. The molecule has 0 aliphatic heterocycles. The maximum absolute atomic E-state index is 12.3. The molecule has 1 unspecified atom stereocenters. The van der Waals surface area contributed by atoms with Crippen LogP contribution in [0, 0.1) is 11.3 Å². The van der Waals surface area contributed by atoms with E-state index in [0.717, 1.165) is 32.1 Å². The lowest BCUT2D eigenvalue weighted by Gasteiger charge is -2.30. The van der Waals surface area contributed by atoms with Gasteiger partial charge in [-0.2, -0.15) is 0 Å². The van der Waals surface area contributed by atoms with Gasteiger partial charge in [0.05, 0.1) is 18.1 Å². The van der Waals surface area contributed by atoms with Gasteiger partial charge >= 0.3 is 11.9 Å². The summed E-state index contributed by atoms with van der Waals surface area (Å²) >= 11 is 0. The van der Waals surface area contributed by atoms with Crippen LogP contribution >= 0.6 is 0 Å². The molecule has 28 heavy (non-hydrogen) atoms. The molecule has 2 aliphatic rings. The molecule has 1 aromatic rings. The van der Waals surface area contributed by atoms with Crippen molar-refractivity contribution in [2.24, 2.45) is 11.3 Å². The Morgan fingerprint density at radius 2 is 1.64 bits per heavy atom. The van der Waals surface area contributed by atoms with Gasteiger partial charge in [-0.3, -0.25) is 4.79 Å². The van der Waals surface area contributed by atoms with Gasteiger partial charge in [0.15, 0.2) is 0 Å². The standard InChI is InChI=1S/C22H30O4.C2H6/c1-5-25-19(23)17-8-6-15(7-9-17)16-10-12-22(13-11-16)14-18(22)20(24)26-21(2,3)4;1-2/h6-9,16,18H,5,10-14H2,1-4H3;1-2H3. The third-order valence-corrected chi connectivity index (χ3v) is 5.76. The van der Waals surface area contributed by atoms with Crippen LogP contribution in [0.5, 0.6) is 0 Å². The molecule has 3 rings (SSSR count). The number of ether oxygens (including phenoxy) is 2. The van der Waals surface area contributed by atoms with E-state index in [1.54, 1.807) is 0 Å². The molecule has 0 amide bonds. The first-order valence-electron chi connectivity index (χ1n) is 10.7. The van der Waals surface area contributed by atoms with Gasteiger partial charge in [-0.1, -0.05) is 26.0 Å². The van der Waals surface area contributed by atoms with Crippen molar-refractivity contribution < 1.29 is 19.1 Å². The Labute approximate surface area is 170 Å². The van der Waals surface area contributed by atoms with E-state index in [9.17, 15) is 9.59 Å². The van der Waals surface area contributed by atoms with Gasteiger partial charge in [-0.15, -0.1) is 0 Å². The Balaban J connectivity index is 0.00000136. The Bertz CT molecular complexity index is 661. The van der Waals surface area contributed by atoms with Crippen molar-refractivity contribution in [3.05, 3.63) is 35.4 Å². The fourth-order valence-electron chi connectivity index (χ4n) is 4.24. The van der Waals surface area contributed by atoms with Gasteiger partial charge in [-0.25, -0.2) is 4.79 Å². The molecule has 1 atom stereocenters. The molecule has 2 aliphatic carbocycles. The van der Waals surface area contributed by atoms with Crippen LogP contribution in [0.4, 0.5) is 0 Å². The van der Waals surface area contributed by atoms with Crippen LogP contribution < -0.4 is 0 Å². The van der Waals surface area contributed by atoms with E-state index in [1.807, 2.05) is 65.8 Å². The molecule has 4 heteroatoms. The molecule has 1 spiro atoms. The quantitative estimate of drug-likeness (QED) is 0.603. The summed E-state index contributed by atoms with van der Waals surface area (Å²) in [7, 11) is 0. The molecule has 1 aromatic carbocycles. The number of hydrogen-bond donors (Lipinski definition) is 0. The van der Waals surface area contributed by atoms with Crippen molar-refractivity contribution in [2.45, 2.75) is 85.2 Å². The van der Waals surface area contributed by atoms with Crippen LogP contribution in [-0.4, -0.2) is 24.1 Å². The van der Waals surface area contributed by atoms with Crippen LogP contribution in [0.25, 0.3) is 0 Å². The van der Waals surface area contributed by atoms with Crippen LogP contribution in [0.15, 0.2) is 24.3 Å². The molecule has 0 aromatic heterocycles. The number of benzene rings is 1. The molecule has 0 radical (unpaired) electrons. The maximum atomic E-state index is 12.3. The number of carbonyl (C=O) groups is 2. The highest BCUT2D eigenvalue weighted by atomic mass is 16.6. The second-order valence-electron chi connectivity index (χ2n) is 8.77. The zero-order chi connectivity index (χ0) is 20.9. The van der Waals surface area contributed by atoms with Crippen LogP contribution in [-0.2, 0) is 14.3 Å². The number of rotatable bonds is 4. The smallest absolute Gasteiger partial charge is 0.338 e. The first kappa shape index (κ1) is 22.4. The van der Waals surface area contributed by atoms with E-state index >= 15 is 0 Å². The van der Waals surface area contributed by atoms with Gasteiger partial charge in [-0.05, 0) is 88.8 Å². The van der Waals surface area contributed by atoms with E-state index in [4.69, 9.17) is 9.47 Å². The highest BCUT2D eigenvalue weighted by Gasteiger charge is 2.59. The fraction of sp³-hybridized carbons (Fsp3) is 0.667. The van der Waals surface area contributed by atoms with E-state index in [0.29, 0.717) is 18.1 Å². The zero-order valence-electron chi connectivity index (χ0n) is 18.3. The Hall–Kier alpha value is -1.84. The zero-order valence-corrected chi connectivity index (χ0v) is 18.3. The lowest BCUT2D eigenvalue weighted by atomic mass is 9.75. The summed E-state index contributed by atoms with van der Waals surface area (Å²) in [6, 6.07) is 7.82. The van der Waals surface area contributed by atoms with Gasteiger partial charge in [0.2, 0.25) is 0 Å². The summed E-state index contributed by atoms with van der Waals surface area (Å²) < 4.78 is 10.6. The summed E-state index contributed by atoms with van der Waals surface area (Å²) in [5.41, 5.74) is 1.67. The highest BCUT2D eigenvalue weighted by Crippen LogP contribution is 2.63. The van der Waals surface area contributed by atoms with E-state index in [1.165, 1.54) is 5.56 Å². The Kier molecular flexibility index (Phi) is 7.30. The minimum atomic E-state index is -0.404. The van der Waals surface area contributed by atoms with E-state index in [-0.39, 0.29) is 23.3 Å². The monoisotopic (exact) mass is 388 g/mol. The highest BCUT2D eigenvalue weighted by molar-refractivity contribution is 5.89. The normalized spacial score (nSPS) is 26.1. The van der Waals surface area contributed by atoms with E-state index < -0.39 is 5.60 Å². The van der Waals surface area contributed by atoms with Gasteiger partial charge in [0.1, 0.15) is 5.60 Å². The topological polar surface area (TPSA) is 52.6 Å². The molecule has 156 valence electrons. The van der Waals surface area contributed by atoms with Crippen molar-refractivity contribution in [3.8, 4) is 0 Å². The third-order valence-electron chi connectivity index (χ3n) is 5.76. The van der Waals surface area contributed by atoms with Crippen LogP contribution in [0.1, 0.15) is 95.5 Å². The fourth-order valence-corrected chi connectivity index (χ4v) is 4.24. The lowest BCUT2D eigenvalue weighted by Crippen LogP contribution is -2.27. The second kappa shape index (κ2) is 9.11. The summed E-state index contributed by atoms with van der Waals surface area (Å²) in [5, 5.41) is 0. The number of esters is 2.